The summed E-state index contributed by atoms with van der Waals surface area (Å²) in [6, 6.07) is 16.8. The van der Waals surface area contributed by atoms with Crippen LogP contribution in [0.15, 0.2) is 59.5 Å². The monoisotopic (exact) mass is 444 g/mol. The molecule has 1 aliphatic heterocycles. The molecule has 0 atom stereocenters. The van der Waals surface area contributed by atoms with E-state index in [0.29, 0.717) is 6.54 Å². The van der Waals surface area contributed by atoms with Crippen molar-refractivity contribution >= 4 is 21.6 Å². The van der Waals surface area contributed by atoms with Crippen molar-refractivity contribution in [3.8, 4) is 0 Å². The van der Waals surface area contributed by atoms with Crippen LogP contribution in [0.25, 0.3) is 0 Å². The zero-order chi connectivity index (χ0) is 22.3. The number of hydrogen-bond donors (Lipinski definition) is 1. The van der Waals surface area contributed by atoms with Crippen molar-refractivity contribution in [2.75, 3.05) is 57.8 Å². The Kier molecular flexibility index (Phi) is 8.06. The fraction of sp³-hybridized carbons (Fsp3) is 0.435. The molecule has 0 aromatic heterocycles. The van der Waals surface area contributed by atoms with Crippen molar-refractivity contribution in [1.29, 1.82) is 0 Å². The van der Waals surface area contributed by atoms with Crippen LogP contribution in [0.5, 0.6) is 0 Å². The van der Waals surface area contributed by atoms with Crippen LogP contribution in [-0.4, -0.2) is 76.4 Å². The Morgan fingerprint density at radius 2 is 1.74 bits per heavy atom. The number of anilines is 1. The van der Waals surface area contributed by atoms with E-state index < -0.39 is 10.0 Å². The van der Waals surface area contributed by atoms with Crippen LogP contribution in [-0.2, 0) is 14.8 Å². The van der Waals surface area contributed by atoms with E-state index in [1.807, 2.05) is 0 Å². The lowest BCUT2D eigenvalue weighted by molar-refractivity contribution is -0.121. The van der Waals surface area contributed by atoms with Gasteiger partial charge in [0.25, 0.3) is 0 Å². The lowest BCUT2D eigenvalue weighted by Gasteiger charge is -2.36. The standard InChI is InChI=1S/C23H32N4O3S/c1-20-8-6-9-21(18-20)27-16-14-26(15-17-27)13-7-12-24-23(28)19-25(2)31(29,30)22-10-4-3-5-11-22/h3-6,8-11,18H,7,12-17,19H2,1-2H3,(H,24,28). The highest BCUT2D eigenvalue weighted by Crippen LogP contribution is 2.18. The molecule has 168 valence electrons. The molecule has 0 bridgehead atoms. The zero-order valence-electron chi connectivity index (χ0n) is 18.3. The van der Waals surface area contributed by atoms with Crippen molar-refractivity contribution in [2.45, 2.75) is 18.2 Å². The maximum atomic E-state index is 12.5. The van der Waals surface area contributed by atoms with E-state index in [-0.39, 0.29) is 17.3 Å². The van der Waals surface area contributed by atoms with Crippen molar-refractivity contribution < 1.29 is 13.2 Å². The number of likely N-dealkylation sites (N-methyl/N-ethyl adjacent to an activating group) is 1. The summed E-state index contributed by atoms with van der Waals surface area (Å²) >= 11 is 0. The predicted octanol–water partition coefficient (Wildman–Crippen LogP) is 1.94. The number of hydrogen-bond acceptors (Lipinski definition) is 5. The van der Waals surface area contributed by atoms with Crippen molar-refractivity contribution in [3.63, 3.8) is 0 Å². The Balaban J connectivity index is 1.34. The van der Waals surface area contributed by atoms with Crippen molar-refractivity contribution in [1.82, 2.24) is 14.5 Å². The van der Waals surface area contributed by atoms with Crippen LogP contribution in [0.3, 0.4) is 0 Å². The van der Waals surface area contributed by atoms with Gasteiger partial charge in [0, 0.05) is 45.5 Å². The zero-order valence-corrected chi connectivity index (χ0v) is 19.1. The van der Waals surface area contributed by atoms with Crippen molar-refractivity contribution in [3.05, 3.63) is 60.2 Å². The summed E-state index contributed by atoms with van der Waals surface area (Å²) in [6.07, 6.45) is 0.839. The fourth-order valence-electron chi connectivity index (χ4n) is 3.70. The van der Waals surface area contributed by atoms with Crippen LogP contribution < -0.4 is 10.2 Å². The van der Waals surface area contributed by atoms with Gasteiger partial charge < -0.3 is 10.2 Å². The van der Waals surface area contributed by atoms with Gasteiger partial charge in [-0.3, -0.25) is 9.69 Å². The maximum absolute atomic E-state index is 12.5. The molecular formula is C23H32N4O3S. The number of piperazine rings is 1. The summed E-state index contributed by atoms with van der Waals surface area (Å²) in [6.45, 7) is 7.38. The molecule has 3 rings (SSSR count). The Labute approximate surface area is 185 Å². The third-order valence-electron chi connectivity index (χ3n) is 5.53. The van der Waals surface area contributed by atoms with Crippen LogP contribution in [0, 0.1) is 6.92 Å². The largest absolute Gasteiger partial charge is 0.369 e. The predicted molar refractivity (Wildman–Crippen MR) is 124 cm³/mol. The van der Waals surface area contributed by atoms with E-state index >= 15 is 0 Å². The Hall–Kier alpha value is -2.42. The fourth-order valence-corrected chi connectivity index (χ4v) is 4.85. The third-order valence-corrected chi connectivity index (χ3v) is 7.35. The van der Waals surface area contributed by atoms with E-state index in [2.05, 4.69) is 46.3 Å². The van der Waals surface area contributed by atoms with Crippen LogP contribution in [0.1, 0.15) is 12.0 Å². The Morgan fingerprint density at radius 3 is 2.42 bits per heavy atom. The van der Waals surface area contributed by atoms with E-state index in [1.165, 1.54) is 30.4 Å². The number of carbonyl (C=O) groups excluding carboxylic acids is 1. The second-order valence-electron chi connectivity index (χ2n) is 7.95. The molecule has 0 saturated carbocycles. The van der Waals surface area contributed by atoms with Crippen LogP contribution in [0.2, 0.25) is 0 Å². The normalized spacial score (nSPS) is 15.3. The van der Waals surface area contributed by atoms with E-state index in [9.17, 15) is 13.2 Å². The SMILES string of the molecule is Cc1cccc(N2CCN(CCCNC(=O)CN(C)S(=O)(=O)c3ccccc3)CC2)c1. The first-order valence-electron chi connectivity index (χ1n) is 10.7. The van der Waals surface area contributed by atoms with E-state index in [4.69, 9.17) is 0 Å². The molecule has 0 spiro atoms. The summed E-state index contributed by atoms with van der Waals surface area (Å²) in [5.74, 6) is -0.286. The molecule has 7 nitrogen and oxygen atoms in total. The Morgan fingerprint density at radius 1 is 1.03 bits per heavy atom. The lowest BCUT2D eigenvalue weighted by Crippen LogP contribution is -2.47. The minimum Gasteiger partial charge on any atom is -0.369 e. The second-order valence-corrected chi connectivity index (χ2v) is 9.99. The van der Waals surface area contributed by atoms with Gasteiger partial charge in [0.2, 0.25) is 15.9 Å². The van der Waals surface area contributed by atoms with Gasteiger partial charge in [-0.1, -0.05) is 30.3 Å². The summed E-state index contributed by atoms with van der Waals surface area (Å²) in [4.78, 5) is 17.2. The highest BCUT2D eigenvalue weighted by molar-refractivity contribution is 7.89. The minimum absolute atomic E-state index is 0.188. The number of amides is 1. The van der Waals surface area contributed by atoms with Gasteiger partial charge >= 0.3 is 0 Å². The number of nitrogens with one attached hydrogen (secondary N) is 1. The summed E-state index contributed by atoms with van der Waals surface area (Å²) in [7, 11) is -2.23. The van der Waals surface area contributed by atoms with Gasteiger partial charge in [0.05, 0.1) is 11.4 Å². The summed E-state index contributed by atoms with van der Waals surface area (Å²) in [5, 5.41) is 2.84. The average molecular weight is 445 g/mol. The summed E-state index contributed by atoms with van der Waals surface area (Å²) < 4.78 is 26.1. The van der Waals surface area contributed by atoms with Crippen LogP contribution >= 0.6 is 0 Å². The molecule has 0 aliphatic carbocycles. The van der Waals surface area contributed by atoms with E-state index in [1.54, 1.807) is 18.2 Å². The first kappa shape index (κ1) is 23.2. The van der Waals surface area contributed by atoms with Gasteiger partial charge in [0.1, 0.15) is 0 Å². The molecule has 0 radical (unpaired) electrons. The highest BCUT2D eigenvalue weighted by atomic mass is 32.2. The lowest BCUT2D eigenvalue weighted by atomic mass is 10.2. The first-order chi connectivity index (χ1) is 14.9. The minimum atomic E-state index is -3.65. The molecule has 1 saturated heterocycles. The molecule has 8 heteroatoms. The van der Waals surface area contributed by atoms with Gasteiger partial charge in [-0.15, -0.1) is 0 Å². The topological polar surface area (TPSA) is 73.0 Å². The van der Waals surface area contributed by atoms with Gasteiger partial charge in [-0.2, -0.15) is 4.31 Å². The first-order valence-corrected chi connectivity index (χ1v) is 12.1. The number of rotatable bonds is 9. The average Bonchev–Trinajstić information content (AvgIpc) is 2.77. The summed E-state index contributed by atoms with van der Waals surface area (Å²) in [5.41, 5.74) is 2.55. The molecule has 1 amide bonds. The quantitative estimate of drug-likeness (QED) is 0.599. The molecule has 2 aromatic carbocycles. The molecular weight excluding hydrogens is 412 g/mol. The number of aryl methyl sites for hydroxylation is 1. The second kappa shape index (κ2) is 10.7. The number of carbonyl (C=O) groups is 1. The number of sulfonamides is 1. The molecule has 2 aromatic rings. The van der Waals surface area contributed by atoms with Crippen molar-refractivity contribution in [2.24, 2.45) is 0 Å². The molecule has 1 N–H and O–H groups in total. The third kappa shape index (κ3) is 6.53. The molecule has 31 heavy (non-hydrogen) atoms. The van der Waals surface area contributed by atoms with Gasteiger partial charge in [-0.25, -0.2) is 8.42 Å². The molecule has 1 heterocycles. The van der Waals surface area contributed by atoms with Crippen LogP contribution in [0.4, 0.5) is 5.69 Å². The Bertz CT molecular complexity index is 958. The highest BCUT2D eigenvalue weighted by Gasteiger charge is 2.22. The number of benzene rings is 2. The maximum Gasteiger partial charge on any atom is 0.243 e. The molecule has 1 fully saturated rings. The number of nitrogens with zero attached hydrogens (tertiary/aromatic N) is 3. The van der Waals surface area contributed by atoms with Gasteiger partial charge in [-0.05, 0) is 49.7 Å². The molecule has 0 unspecified atom stereocenters. The van der Waals surface area contributed by atoms with Gasteiger partial charge in [0.15, 0.2) is 0 Å². The smallest absolute Gasteiger partial charge is 0.243 e. The molecule has 1 aliphatic rings. The van der Waals surface area contributed by atoms with E-state index in [0.717, 1.165) is 43.4 Å².